The second-order valence-corrected chi connectivity index (χ2v) is 9.20. The highest BCUT2D eigenvalue weighted by molar-refractivity contribution is 14.0. The number of nitrogens with zero attached hydrogens (tertiary/aromatic N) is 2. The van der Waals surface area contributed by atoms with Crippen LogP contribution in [0.1, 0.15) is 56.2 Å². The van der Waals surface area contributed by atoms with Crippen LogP contribution in [0.3, 0.4) is 0 Å². The lowest BCUT2D eigenvalue weighted by molar-refractivity contribution is 0.0277. The van der Waals surface area contributed by atoms with Gasteiger partial charge in [-0.25, -0.2) is 0 Å². The van der Waals surface area contributed by atoms with Crippen LogP contribution in [0.4, 0.5) is 0 Å². The molecule has 2 heterocycles. The van der Waals surface area contributed by atoms with E-state index >= 15 is 0 Å². The topological polar surface area (TPSA) is 48.9 Å². The summed E-state index contributed by atoms with van der Waals surface area (Å²) >= 11 is 1.87. The summed E-state index contributed by atoms with van der Waals surface area (Å²) in [4.78, 5) is 8.43. The maximum Gasteiger partial charge on any atom is 0.190 e. The van der Waals surface area contributed by atoms with Crippen molar-refractivity contribution in [3.63, 3.8) is 0 Å². The highest BCUT2D eigenvalue weighted by atomic mass is 127. The van der Waals surface area contributed by atoms with E-state index in [1.807, 2.05) is 18.4 Å². The van der Waals surface area contributed by atoms with Gasteiger partial charge in [0.15, 0.2) is 5.96 Å². The van der Waals surface area contributed by atoms with Crippen LogP contribution in [-0.4, -0.2) is 56.8 Å². The van der Waals surface area contributed by atoms with Gasteiger partial charge in [-0.1, -0.05) is 25.3 Å². The first-order valence-corrected chi connectivity index (χ1v) is 12.0. The Hall–Kier alpha value is -0.380. The number of hydrogen-bond acceptors (Lipinski definition) is 4. The Morgan fingerprint density at radius 3 is 2.66 bits per heavy atom. The van der Waals surface area contributed by atoms with Gasteiger partial charge in [-0.2, -0.15) is 0 Å². The average Bonchev–Trinajstić information content (AvgIpc) is 3.25. The maximum atomic E-state index is 6.00. The minimum absolute atomic E-state index is 0. The molecule has 0 radical (unpaired) electrons. The first kappa shape index (κ1) is 24.9. The van der Waals surface area contributed by atoms with Crippen molar-refractivity contribution in [3.05, 3.63) is 22.4 Å². The molecule has 29 heavy (non-hydrogen) atoms. The summed E-state index contributed by atoms with van der Waals surface area (Å²) in [5.41, 5.74) is 0. The van der Waals surface area contributed by atoms with E-state index in [0.29, 0.717) is 6.10 Å². The van der Waals surface area contributed by atoms with Gasteiger partial charge in [0.05, 0.1) is 6.10 Å². The molecule has 1 saturated heterocycles. The minimum Gasteiger partial charge on any atom is -0.378 e. The zero-order chi connectivity index (χ0) is 19.4. The summed E-state index contributed by atoms with van der Waals surface area (Å²) in [7, 11) is 1.86. The Morgan fingerprint density at radius 1 is 1.17 bits per heavy atom. The second kappa shape index (κ2) is 14.6. The van der Waals surface area contributed by atoms with Crippen molar-refractivity contribution in [1.82, 2.24) is 15.5 Å². The molecule has 1 aliphatic carbocycles. The van der Waals surface area contributed by atoms with E-state index in [0.717, 1.165) is 44.5 Å². The molecule has 0 spiro atoms. The molecule has 1 aromatic heterocycles. The predicted molar refractivity (Wildman–Crippen MR) is 135 cm³/mol. The van der Waals surface area contributed by atoms with Gasteiger partial charge in [0, 0.05) is 38.2 Å². The first-order chi connectivity index (χ1) is 13.8. The van der Waals surface area contributed by atoms with Crippen LogP contribution < -0.4 is 10.6 Å². The van der Waals surface area contributed by atoms with Crippen molar-refractivity contribution in [2.24, 2.45) is 10.9 Å². The van der Waals surface area contributed by atoms with Crippen LogP contribution in [0, 0.1) is 5.92 Å². The van der Waals surface area contributed by atoms with Gasteiger partial charge in [0.25, 0.3) is 0 Å². The van der Waals surface area contributed by atoms with Gasteiger partial charge < -0.3 is 15.4 Å². The van der Waals surface area contributed by atoms with Gasteiger partial charge in [-0.15, -0.1) is 35.3 Å². The molecule has 0 amide bonds. The number of likely N-dealkylation sites (tertiary alicyclic amines) is 1. The zero-order valence-electron chi connectivity index (χ0n) is 17.9. The van der Waals surface area contributed by atoms with Gasteiger partial charge >= 0.3 is 0 Å². The van der Waals surface area contributed by atoms with Crippen molar-refractivity contribution < 1.29 is 4.74 Å². The van der Waals surface area contributed by atoms with Crippen molar-refractivity contribution in [2.75, 3.05) is 39.8 Å². The van der Waals surface area contributed by atoms with E-state index in [9.17, 15) is 0 Å². The number of aliphatic imine (C=N–C) groups is 1. The normalized spacial score (nSPS) is 19.7. The fourth-order valence-electron chi connectivity index (χ4n) is 4.19. The monoisotopic (exact) mass is 534 g/mol. The molecule has 7 heteroatoms. The van der Waals surface area contributed by atoms with Gasteiger partial charge in [-0.05, 0) is 62.6 Å². The van der Waals surface area contributed by atoms with Crippen LogP contribution in [0.25, 0.3) is 0 Å². The van der Waals surface area contributed by atoms with Gasteiger partial charge in [0.1, 0.15) is 0 Å². The summed E-state index contributed by atoms with van der Waals surface area (Å²) in [5, 5.41) is 9.13. The Labute approximate surface area is 198 Å². The quantitative estimate of drug-likeness (QED) is 0.212. The van der Waals surface area contributed by atoms with Crippen LogP contribution in [0.2, 0.25) is 0 Å². The molecular weight excluding hydrogens is 495 g/mol. The molecule has 0 atom stereocenters. The number of piperidine rings is 1. The molecule has 1 aromatic rings. The van der Waals surface area contributed by atoms with Crippen LogP contribution in [0.15, 0.2) is 22.5 Å². The third-order valence-electron chi connectivity index (χ3n) is 5.97. The Morgan fingerprint density at radius 2 is 1.97 bits per heavy atom. The molecule has 1 aliphatic heterocycles. The molecule has 2 aliphatic rings. The number of rotatable bonds is 9. The summed E-state index contributed by atoms with van der Waals surface area (Å²) in [6, 6.07) is 4.39. The lowest BCUT2D eigenvalue weighted by atomic mass is 9.97. The Balaban J connectivity index is 0.00000300. The SMILES string of the molecule is CN=C(NCCCOC1CCCCC1)NCC1CCN(Cc2cccs2)CC1.I. The van der Waals surface area contributed by atoms with E-state index in [1.165, 1.54) is 62.9 Å². The van der Waals surface area contributed by atoms with Crippen LogP contribution in [-0.2, 0) is 11.3 Å². The second-order valence-electron chi connectivity index (χ2n) is 8.16. The van der Waals surface area contributed by atoms with Crippen LogP contribution in [0.5, 0.6) is 0 Å². The van der Waals surface area contributed by atoms with Crippen LogP contribution >= 0.6 is 35.3 Å². The Bertz CT molecular complexity index is 555. The summed E-state index contributed by atoms with van der Waals surface area (Å²) in [6.45, 7) is 6.32. The van der Waals surface area contributed by atoms with Crippen molar-refractivity contribution in [1.29, 1.82) is 0 Å². The van der Waals surface area contributed by atoms with E-state index in [2.05, 4.69) is 38.0 Å². The molecule has 0 bridgehead atoms. The number of guanidine groups is 1. The number of nitrogens with one attached hydrogen (secondary N) is 2. The first-order valence-electron chi connectivity index (χ1n) is 11.1. The third kappa shape index (κ3) is 9.53. The fraction of sp³-hybridized carbons (Fsp3) is 0.773. The molecule has 3 rings (SSSR count). The standard InChI is InChI=1S/C22H38N4OS.HI/c1-23-22(24-12-6-15-27-20-7-3-2-4-8-20)25-17-19-10-13-26(14-11-19)18-21-9-5-16-28-21;/h5,9,16,19-20H,2-4,6-8,10-15,17-18H2,1H3,(H2,23,24,25);1H. The van der Waals surface area contributed by atoms with E-state index in [1.54, 1.807) is 0 Å². The number of ether oxygens (including phenoxy) is 1. The largest absolute Gasteiger partial charge is 0.378 e. The lowest BCUT2D eigenvalue weighted by Gasteiger charge is -2.32. The van der Waals surface area contributed by atoms with E-state index < -0.39 is 0 Å². The van der Waals surface area contributed by atoms with E-state index in [-0.39, 0.29) is 24.0 Å². The maximum absolute atomic E-state index is 6.00. The lowest BCUT2D eigenvalue weighted by Crippen LogP contribution is -2.43. The van der Waals surface area contributed by atoms with Gasteiger partial charge in [0.2, 0.25) is 0 Å². The van der Waals surface area contributed by atoms with Crippen molar-refractivity contribution >= 4 is 41.3 Å². The molecule has 0 unspecified atom stereocenters. The molecule has 166 valence electrons. The number of halogens is 1. The summed E-state index contributed by atoms with van der Waals surface area (Å²) in [6.07, 6.45) is 10.7. The molecule has 1 saturated carbocycles. The fourth-order valence-corrected chi connectivity index (χ4v) is 4.94. The predicted octanol–water partition coefficient (Wildman–Crippen LogP) is 4.48. The molecule has 2 N–H and O–H groups in total. The smallest absolute Gasteiger partial charge is 0.190 e. The molecular formula is C22H39IN4OS. The zero-order valence-corrected chi connectivity index (χ0v) is 21.1. The summed E-state index contributed by atoms with van der Waals surface area (Å²) < 4.78 is 6.00. The van der Waals surface area contributed by atoms with E-state index in [4.69, 9.17) is 4.74 Å². The molecule has 0 aromatic carbocycles. The summed E-state index contributed by atoms with van der Waals surface area (Å²) in [5.74, 6) is 1.67. The Kier molecular flexibility index (Phi) is 12.5. The molecule has 2 fully saturated rings. The average molecular weight is 535 g/mol. The highest BCUT2D eigenvalue weighted by Crippen LogP contribution is 2.21. The number of hydrogen-bond donors (Lipinski definition) is 2. The minimum atomic E-state index is 0. The number of thiophene rings is 1. The van der Waals surface area contributed by atoms with Crippen molar-refractivity contribution in [2.45, 2.75) is 64.0 Å². The van der Waals surface area contributed by atoms with Gasteiger partial charge in [-0.3, -0.25) is 9.89 Å². The highest BCUT2D eigenvalue weighted by Gasteiger charge is 2.19. The molecule has 5 nitrogen and oxygen atoms in total. The third-order valence-corrected chi connectivity index (χ3v) is 6.83. The van der Waals surface area contributed by atoms with Crippen molar-refractivity contribution in [3.8, 4) is 0 Å².